The molecule has 5 nitrogen and oxygen atoms in total. The summed E-state index contributed by atoms with van der Waals surface area (Å²) in [6.07, 6.45) is 7.48. The summed E-state index contributed by atoms with van der Waals surface area (Å²) >= 11 is 6.26. The Bertz CT molecular complexity index is 983. The van der Waals surface area contributed by atoms with E-state index in [0.717, 1.165) is 50.7 Å². The molecule has 0 atom stereocenters. The van der Waals surface area contributed by atoms with Crippen LogP contribution in [-0.2, 0) is 0 Å². The minimum absolute atomic E-state index is 0.0617. The number of anilines is 1. The zero-order valence-electron chi connectivity index (χ0n) is 14.4. The van der Waals surface area contributed by atoms with Crippen molar-refractivity contribution in [3.63, 3.8) is 0 Å². The van der Waals surface area contributed by atoms with Crippen molar-refractivity contribution >= 4 is 23.2 Å². The van der Waals surface area contributed by atoms with Gasteiger partial charge in [0.2, 0.25) is 0 Å². The molecule has 1 fully saturated rings. The third-order valence-electron chi connectivity index (χ3n) is 4.87. The van der Waals surface area contributed by atoms with Gasteiger partial charge in [0.15, 0.2) is 11.6 Å². The van der Waals surface area contributed by atoms with Crippen LogP contribution in [0.4, 0.5) is 19.0 Å². The van der Waals surface area contributed by atoms with Crippen LogP contribution in [0.2, 0.25) is 5.15 Å². The van der Waals surface area contributed by atoms with E-state index in [1.165, 1.54) is 10.8 Å². The second-order valence-corrected chi connectivity index (χ2v) is 7.01. The highest BCUT2D eigenvalue weighted by atomic mass is 35.5. The van der Waals surface area contributed by atoms with Gasteiger partial charge in [0.05, 0.1) is 11.1 Å². The lowest BCUT2D eigenvalue weighted by molar-refractivity contribution is 0.499. The maximum Gasteiger partial charge on any atom is 0.255 e. The third-order valence-corrected chi connectivity index (χ3v) is 5.15. The highest BCUT2D eigenvalue weighted by Crippen LogP contribution is 2.38. The van der Waals surface area contributed by atoms with Gasteiger partial charge in [-0.15, -0.1) is 0 Å². The van der Waals surface area contributed by atoms with Gasteiger partial charge in [-0.1, -0.05) is 37.3 Å². The van der Waals surface area contributed by atoms with Crippen molar-refractivity contribution in [1.82, 2.24) is 19.6 Å². The van der Waals surface area contributed by atoms with Crippen LogP contribution in [0.3, 0.4) is 0 Å². The van der Waals surface area contributed by atoms with Crippen molar-refractivity contribution in [2.45, 2.75) is 44.6 Å². The Morgan fingerprint density at radius 1 is 1.00 bits per heavy atom. The standard InChI is InChI=1S/C18H17ClF3N5/c19-16-14(13-11(20)7-8-12(21)15(13)22)17(27-18(26-16)23-9-24-27)25-10-5-3-1-2-4-6-10/h7-10,25H,1-6H2. The third kappa shape index (κ3) is 3.34. The van der Waals surface area contributed by atoms with E-state index in [2.05, 4.69) is 20.4 Å². The molecule has 27 heavy (non-hydrogen) atoms. The largest absolute Gasteiger partial charge is 0.367 e. The molecule has 1 aliphatic carbocycles. The molecular formula is C18H17ClF3N5. The van der Waals surface area contributed by atoms with Crippen molar-refractivity contribution < 1.29 is 13.2 Å². The number of fused-ring (bicyclic) bond motifs is 1. The van der Waals surface area contributed by atoms with Crippen molar-refractivity contribution in [2.24, 2.45) is 0 Å². The predicted octanol–water partition coefficient (Wildman–Crippen LogP) is 5.00. The summed E-state index contributed by atoms with van der Waals surface area (Å²) in [7, 11) is 0. The molecule has 9 heteroatoms. The Balaban J connectivity index is 1.92. The Morgan fingerprint density at radius 3 is 2.44 bits per heavy atom. The Kier molecular flexibility index (Phi) is 4.90. The number of rotatable bonds is 3. The van der Waals surface area contributed by atoms with Crippen LogP contribution in [-0.4, -0.2) is 25.6 Å². The molecule has 4 rings (SSSR count). The highest BCUT2D eigenvalue weighted by molar-refractivity contribution is 6.33. The summed E-state index contributed by atoms with van der Waals surface area (Å²) in [6, 6.07) is 1.68. The SMILES string of the molecule is Fc1ccc(F)c(-c2c(Cl)nc3ncnn3c2NC2CCCCCC2)c1F. The first-order valence-corrected chi connectivity index (χ1v) is 9.23. The first-order valence-electron chi connectivity index (χ1n) is 8.86. The van der Waals surface area contributed by atoms with E-state index >= 15 is 0 Å². The van der Waals surface area contributed by atoms with Gasteiger partial charge in [0, 0.05) is 6.04 Å². The fraction of sp³-hybridized carbons (Fsp3) is 0.389. The van der Waals surface area contributed by atoms with Crippen molar-refractivity contribution in [2.75, 3.05) is 5.32 Å². The zero-order valence-corrected chi connectivity index (χ0v) is 15.1. The van der Waals surface area contributed by atoms with Crippen molar-refractivity contribution in [3.8, 4) is 11.1 Å². The number of hydrogen-bond donors (Lipinski definition) is 1. The Hall–Kier alpha value is -2.35. The second kappa shape index (κ2) is 7.34. The normalized spacial score (nSPS) is 15.9. The fourth-order valence-corrected chi connectivity index (χ4v) is 3.80. The molecule has 1 saturated carbocycles. The van der Waals surface area contributed by atoms with E-state index in [-0.39, 0.29) is 28.4 Å². The first kappa shape index (κ1) is 18.0. The lowest BCUT2D eigenvalue weighted by Gasteiger charge is -2.21. The smallest absolute Gasteiger partial charge is 0.255 e. The molecule has 2 heterocycles. The monoisotopic (exact) mass is 395 g/mol. The van der Waals surface area contributed by atoms with Gasteiger partial charge in [-0.2, -0.15) is 19.6 Å². The van der Waals surface area contributed by atoms with Crippen LogP contribution in [0.15, 0.2) is 18.5 Å². The molecule has 1 aliphatic rings. The fourth-order valence-electron chi connectivity index (χ4n) is 3.54. The quantitative estimate of drug-likeness (QED) is 0.385. The summed E-state index contributed by atoms with van der Waals surface area (Å²) in [5.41, 5.74) is -0.630. The van der Waals surface area contributed by atoms with Crippen LogP contribution in [0.5, 0.6) is 0 Å². The Labute approximate surface area is 158 Å². The molecule has 1 N–H and O–H groups in total. The molecule has 0 amide bonds. The maximum atomic E-state index is 14.5. The van der Waals surface area contributed by atoms with Crippen molar-refractivity contribution in [1.29, 1.82) is 0 Å². The highest BCUT2D eigenvalue weighted by Gasteiger charge is 2.26. The van der Waals surface area contributed by atoms with Crippen LogP contribution in [0.1, 0.15) is 38.5 Å². The molecule has 2 aromatic heterocycles. The van der Waals surface area contributed by atoms with E-state index in [9.17, 15) is 13.2 Å². The first-order chi connectivity index (χ1) is 13.1. The summed E-state index contributed by atoms with van der Waals surface area (Å²) in [5, 5.41) is 7.24. The molecule has 0 saturated heterocycles. The zero-order chi connectivity index (χ0) is 19.0. The van der Waals surface area contributed by atoms with Gasteiger partial charge in [0.25, 0.3) is 5.78 Å². The lowest BCUT2D eigenvalue weighted by Crippen LogP contribution is -2.22. The summed E-state index contributed by atoms with van der Waals surface area (Å²) < 4.78 is 44.1. The molecule has 0 radical (unpaired) electrons. The lowest BCUT2D eigenvalue weighted by atomic mass is 10.0. The Morgan fingerprint density at radius 2 is 1.70 bits per heavy atom. The number of halogens is 4. The average Bonchev–Trinajstić information content (AvgIpc) is 2.95. The van der Waals surface area contributed by atoms with Crippen LogP contribution < -0.4 is 5.32 Å². The number of benzene rings is 1. The van der Waals surface area contributed by atoms with Crippen LogP contribution in [0, 0.1) is 17.5 Å². The molecule has 0 bridgehead atoms. The minimum Gasteiger partial charge on any atom is -0.367 e. The van der Waals surface area contributed by atoms with E-state index in [1.807, 2.05) is 0 Å². The van der Waals surface area contributed by atoms with Crippen molar-refractivity contribution in [3.05, 3.63) is 41.1 Å². The van der Waals surface area contributed by atoms with Gasteiger partial charge in [-0.3, -0.25) is 0 Å². The molecule has 0 spiro atoms. The molecule has 142 valence electrons. The predicted molar refractivity (Wildman–Crippen MR) is 96.2 cm³/mol. The molecular weight excluding hydrogens is 379 g/mol. The van der Waals surface area contributed by atoms with E-state index in [0.29, 0.717) is 0 Å². The van der Waals surface area contributed by atoms with Gasteiger partial charge >= 0.3 is 0 Å². The van der Waals surface area contributed by atoms with E-state index in [4.69, 9.17) is 11.6 Å². The topological polar surface area (TPSA) is 55.1 Å². The van der Waals surface area contributed by atoms with E-state index in [1.54, 1.807) is 0 Å². The average molecular weight is 396 g/mol. The number of nitrogens with one attached hydrogen (secondary N) is 1. The summed E-state index contributed by atoms with van der Waals surface area (Å²) in [5.74, 6) is -2.96. The minimum atomic E-state index is -1.32. The molecule has 1 aromatic carbocycles. The summed E-state index contributed by atoms with van der Waals surface area (Å²) in [4.78, 5) is 8.06. The van der Waals surface area contributed by atoms with Gasteiger partial charge in [-0.05, 0) is 25.0 Å². The molecule has 0 aliphatic heterocycles. The molecule has 0 unspecified atom stereocenters. The van der Waals surface area contributed by atoms with Gasteiger partial charge < -0.3 is 5.32 Å². The number of hydrogen-bond acceptors (Lipinski definition) is 4. The maximum absolute atomic E-state index is 14.5. The number of aromatic nitrogens is 4. The van der Waals surface area contributed by atoms with Crippen LogP contribution >= 0.6 is 11.6 Å². The molecule has 3 aromatic rings. The van der Waals surface area contributed by atoms with Crippen LogP contribution in [0.25, 0.3) is 16.9 Å². The van der Waals surface area contributed by atoms with E-state index < -0.39 is 23.0 Å². The summed E-state index contributed by atoms with van der Waals surface area (Å²) in [6.45, 7) is 0. The van der Waals surface area contributed by atoms with Gasteiger partial charge in [0.1, 0.15) is 23.1 Å². The second-order valence-electron chi connectivity index (χ2n) is 6.65. The number of nitrogens with zero attached hydrogens (tertiary/aromatic N) is 4. The van der Waals surface area contributed by atoms with Gasteiger partial charge in [-0.25, -0.2) is 13.2 Å².